The van der Waals surface area contributed by atoms with Gasteiger partial charge in [-0.1, -0.05) is 19.1 Å². The molecule has 1 atom stereocenters. The summed E-state index contributed by atoms with van der Waals surface area (Å²) in [5.41, 5.74) is 1.94. The van der Waals surface area contributed by atoms with Gasteiger partial charge in [-0.05, 0) is 31.0 Å². The predicted octanol–water partition coefficient (Wildman–Crippen LogP) is 3.41. The van der Waals surface area contributed by atoms with E-state index >= 15 is 0 Å². The minimum absolute atomic E-state index is 0.0249. The Morgan fingerprint density at radius 1 is 1.36 bits per heavy atom. The molecule has 2 amide bonds. The van der Waals surface area contributed by atoms with Gasteiger partial charge in [0.25, 0.3) is 0 Å². The molecule has 0 fully saturated rings. The number of aromatic nitrogens is 1. The lowest BCUT2D eigenvalue weighted by atomic mass is 10.0. The molecule has 0 aliphatic carbocycles. The molecule has 1 heterocycles. The van der Waals surface area contributed by atoms with Crippen LogP contribution in [0, 0.1) is 6.92 Å². The van der Waals surface area contributed by atoms with E-state index in [1.807, 2.05) is 43.5 Å². The minimum atomic E-state index is -0.187. The number of carbonyl (C=O) groups is 1. The van der Waals surface area contributed by atoms with Gasteiger partial charge >= 0.3 is 6.03 Å². The minimum Gasteiger partial charge on any atom is -0.497 e. The molecule has 5 nitrogen and oxygen atoms in total. The molecule has 0 spiro atoms. The molecule has 0 saturated heterocycles. The number of benzene rings is 1. The standard InChI is InChI=1S/C16H21N3O2S/c1-4-15(12-5-7-14(21-3)8-6-12)19-16(20)17-9-13-10-22-11(2)18-13/h5-8,10,15H,4,9H2,1-3H3,(H2,17,19,20). The largest absolute Gasteiger partial charge is 0.497 e. The van der Waals surface area contributed by atoms with Crippen LogP contribution in [0.5, 0.6) is 5.75 Å². The van der Waals surface area contributed by atoms with Gasteiger partial charge in [-0.15, -0.1) is 11.3 Å². The van der Waals surface area contributed by atoms with Gasteiger partial charge in [0.1, 0.15) is 5.75 Å². The number of thiazole rings is 1. The smallest absolute Gasteiger partial charge is 0.315 e. The van der Waals surface area contributed by atoms with Gasteiger partial charge in [0.05, 0.1) is 30.4 Å². The Hall–Kier alpha value is -2.08. The normalized spacial score (nSPS) is 11.8. The number of carbonyl (C=O) groups excluding carboxylic acids is 1. The Kier molecular flexibility index (Phi) is 5.77. The molecule has 0 aliphatic rings. The van der Waals surface area contributed by atoms with E-state index in [1.54, 1.807) is 18.4 Å². The van der Waals surface area contributed by atoms with Crippen molar-refractivity contribution in [1.29, 1.82) is 0 Å². The molecule has 0 aliphatic heterocycles. The van der Waals surface area contributed by atoms with Crippen molar-refractivity contribution in [2.24, 2.45) is 0 Å². The molecule has 2 aromatic rings. The van der Waals surface area contributed by atoms with E-state index in [0.29, 0.717) is 6.54 Å². The van der Waals surface area contributed by atoms with Crippen molar-refractivity contribution in [3.63, 3.8) is 0 Å². The Labute approximate surface area is 134 Å². The number of methoxy groups -OCH3 is 1. The molecule has 0 bridgehead atoms. The summed E-state index contributed by atoms with van der Waals surface area (Å²) >= 11 is 1.58. The van der Waals surface area contributed by atoms with Crippen molar-refractivity contribution in [3.05, 3.63) is 45.9 Å². The van der Waals surface area contributed by atoms with Crippen molar-refractivity contribution in [3.8, 4) is 5.75 Å². The summed E-state index contributed by atoms with van der Waals surface area (Å²) in [5.74, 6) is 0.807. The molecule has 0 saturated carbocycles. The second-order valence-corrected chi connectivity index (χ2v) is 5.98. The topological polar surface area (TPSA) is 63.2 Å². The van der Waals surface area contributed by atoms with Gasteiger partial charge in [-0.2, -0.15) is 0 Å². The van der Waals surface area contributed by atoms with Crippen molar-refractivity contribution in [2.45, 2.75) is 32.9 Å². The summed E-state index contributed by atoms with van der Waals surface area (Å²) in [7, 11) is 1.64. The number of urea groups is 1. The third-order valence-corrected chi connectivity index (χ3v) is 4.15. The maximum atomic E-state index is 12.0. The third kappa shape index (κ3) is 4.46. The highest BCUT2D eigenvalue weighted by molar-refractivity contribution is 7.09. The first kappa shape index (κ1) is 16.3. The van der Waals surface area contributed by atoms with Gasteiger partial charge < -0.3 is 15.4 Å². The summed E-state index contributed by atoms with van der Waals surface area (Å²) in [6.45, 7) is 4.43. The van der Waals surface area contributed by atoms with Crippen LogP contribution in [-0.2, 0) is 6.54 Å². The SMILES string of the molecule is CCC(NC(=O)NCc1csc(C)n1)c1ccc(OC)cc1. The molecule has 1 aromatic heterocycles. The van der Waals surface area contributed by atoms with Crippen LogP contribution in [-0.4, -0.2) is 18.1 Å². The van der Waals surface area contributed by atoms with Crippen molar-refractivity contribution < 1.29 is 9.53 Å². The molecule has 22 heavy (non-hydrogen) atoms. The maximum absolute atomic E-state index is 12.0. The molecule has 1 aromatic carbocycles. The van der Waals surface area contributed by atoms with Gasteiger partial charge in [-0.25, -0.2) is 9.78 Å². The number of amides is 2. The van der Waals surface area contributed by atoms with Crippen LogP contribution in [0.1, 0.15) is 35.7 Å². The number of nitrogens with zero attached hydrogens (tertiary/aromatic N) is 1. The van der Waals surface area contributed by atoms with E-state index in [2.05, 4.69) is 15.6 Å². The summed E-state index contributed by atoms with van der Waals surface area (Å²) in [4.78, 5) is 16.3. The molecule has 2 N–H and O–H groups in total. The first-order chi connectivity index (χ1) is 10.6. The molecule has 2 rings (SSSR count). The molecule has 118 valence electrons. The molecule has 6 heteroatoms. The van der Waals surface area contributed by atoms with Gasteiger partial charge in [0.15, 0.2) is 0 Å². The number of aryl methyl sites for hydroxylation is 1. The lowest BCUT2D eigenvalue weighted by molar-refractivity contribution is 0.236. The van der Waals surface area contributed by atoms with Crippen molar-refractivity contribution >= 4 is 17.4 Å². The Morgan fingerprint density at radius 2 is 2.09 bits per heavy atom. The molecule has 0 radical (unpaired) electrons. The van der Waals surface area contributed by atoms with Crippen LogP contribution < -0.4 is 15.4 Å². The monoisotopic (exact) mass is 319 g/mol. The maximum Gasteiger partial charge on any atom is 0.315 e. The van der Waals surface area contributed by atoms with Gasteiger partial charge in [0, 0.05) is 5.38 Å². The number of hydrogen-bond acceptors (Lipinski definition) is 4. The van der Waals surface area contributed by atoms with Crippen LogP contribution in [0.4, 0.5) is 4.79 Å². The lowest BCUT2D eigenvalue weighted by Crippen LogP contribution is -2.37. The van der Waals surface area contributed by atoms with E-state index in [1.165, 1.54) is 0 Å². The first-order valence-corrected chi connectivity index (χ1v) is 8.09. The summed E-state index contributed by atoms with van der Waals surface area (Å²) < 4.78 is 5.15. The molecular formula is C16H21N3O2S. The highest BCUT2D eigenvalue weighted by atomic mass is 32.1. The van der Waals surface area contributed by atoms with Gasteiger partial charge in [-0.3, -0.25) is 0 Å². The Balaban J connectivity index is 1.89. The van der Waals surface area contributed by atoms with Crippen LogP contribution in [0.25, 0.3) is 0 Å². The Morgan fingerprint density at radius 3 is 2.64 bits per heavy atom. The zero-order valence-electron chi connectivity index (χ0n) is 13.1. The number of hydrogen-bond donors (Lipinski definition) is 2. The zero-order chi connectivity index (χ0) is 15.9. The fourth-order valence-electron chi connectivity index (χ4n) is 2.13. The average Bonchev–Trinajstić information content (AvgIpc) is 2.96. The molecule has 1 unspecified atom stereocenters. The van der Waals surface area contributed by atoms with Crippen molar-refractivity contribution in [1.82, 2.24) is 15.6 Å². The third-order valence-electron chi connectivity index (χ3n) is 3.33. The average molecular weight is 319 g/mol. The fourth-order valence-corrected chi connectivity index (χ4v) is 2.74. The lowest BCUT2D eigenvalue weighted by Gasteiger charge is -2.18. The van der Waals surface area contributed by atoms with E-state index in [0.717, 1.165) is 28.4 Å². The van der Waals surface area contributed by atoms with E-state index < -0.39 is 0 Å². The second-order valence-electron chi connectivity index (χ2n) is 4.92. The second kappa shape index (κ2) is 7.79. The van der Waals surface area contributed by atoms with Crippen LogP contribution in [0.15, 0.2) is 29.6 Å². The predicted molar refractivity (Wildman–Crippen MR) is 88.2 cm³/mol. The first-order valence-electron chi connectivity index (χ1n) is 7.21. The highest BCUT2D eigenvalue weighted by Crippen LogP contribution is 2.20. The van der Waals surface area contributed by atoms with Crippen molar-refractivity contribution in [2.75, 3.05) is 7.11 Å². The quantitative estimate of drug-likeness (QED) is 0.857. The summed E-state index contributed by atoms with van der Waals surface area (Å²) in [5, 5.41) is 8.78. The Bertz CT molecular complexity index is 610. The van der Waals surface area contributed by atoms with E-state index in [4.69, 9.17) is 4.74 Å². The van der Waals surface area contributed by atoms with E-state index in [-0.39, 0.29) is 12.1 Å². The fraction of sp³-hybridized carbons (Fsp3) is 0.375. The number of ether oxygens (including phenoxy) is 1. The number of rotatable bonds is 6. The summed E-state index contributed by atoms with van der Waals surface area (Å²) in [6.07, 6.45) is 0.815. The summed E-state index contributed by atoms with van der Waals surface area (Å²) in [6, 6.07) is 7.52. The molecular weight excluding hydrogens is 298 g/mol. The van der Waals surface area contributed by atoms with Crippen LogP contribution in [0.2, 0.25) is 0 Å². The van der Waals surface area contributed by atoms with Gasteiger partial charge in [0.2, 0.25) is 0 Å². The zero-order valence-corrected chi connectivity index (χ0v) is 13.9. The highest BCUT2D eigenvalue weighted by Gasteiger charge is 2.12. The van der Waals surface area contributed by atoms with E-state index in [9.17, 15) is 4.79 Å². The van der Waals surface area contributed by atoms with Crippen LogP contribution in [0.3, 0.4) is 0 Å². The number of nitrogens with one attached hydrogen (secondary N) is 2. The van der Waals surface area contributed by atoms with Crippen LogP contribution >= 0.6 is 11.3 Å².